The van der Waals surface area contributed by atoms with Crippen LogP contribution in [0.4, 0.5) is 0 Å². The number of benzene rings is 1. The van der Waals surface area contributed by atoms with Crippen molar-refractivity contribution in [1.29, 1.82) is 0 Å². The van der Waals surface area contributed by atoms with E-state index in [2.05, 4.69) is 0 Å². The molecule has 5 heteroatoms. The van der Waals surface area contributed by atoms with Gasteiger partial charge in [-0.05, 0) is 32.4 Å². The Bertz CT molecular complexity index is 410. The molecule has 100 valence electrons. The van der Waals surface area contributed by atoms with Crippen molar-refractivity contribution in [1.82, 2.24) is 0 Å². The maximum Gasteiger partial charge on any atom is 0.325 e. The van der Waals surface area contributed by atoms with Crippen molar-refractivity contribution < 1.29 is 9.53 Å². The second-order valence-electron chi connectivity index (χ2n) is 4.17. The first-order valence-corrected chi connectivity index (χ1v) is 7.17. The van der Waals surface area contributed by atoms with Gasteiger partial charge < -0.3 is 10.5 Å². The second kappa shape index (κ2) is 7.02. The summed E-state index contributed by atoms with van der Waals surface area (Å²) >= 11 is 7.63. The fourth-order valence-corrected chi connectivity index (χ4v) is 2.76. The Morgan fingerprint density at radius 2 is 2.17 bits per heavy atom. The quantitative estimate of drug-likeness (QED) is 0.645. The Kier molecular flexibility index (Phi) is 5.99. The van der Waals surface area contributed by atoms with Crippen LogP contribution < -0.4 is 5.73 Å². The highest BCUT2D eigenvalue weighted by atomic mass is 35.5. The predicted molar refractivity (Wildman–Crippen MR) is 76.0 cm³/mol. The molecule has 0 aliphatic carbocycles. The number of hydrogen-bond donors (Lipinski definition) is 1. The van der Waals surface area contributed by atoms with Gasteiger partial charge in [0.25, 0.3) is 0 Å². The van der Waals surface area contributed by atoms with Crippen LogP contribution in [0.25, 0.3) is 0 Å². The summed E-state index contributed by atoms with van der Waals surface area (Å²) in [5, 5.41) is 0.720. The number of carbonyl (C=O) groups excluding carboxylic acids is 1. The number of esters is 1. The van der Waals surface area contributed by atoms with Gasteiger partial charge in [-0.3, -0.25) is 4.79 Å². The molecule has 1 rings (SSSR count). The molecule has 1 unspecified atom stereocenters. The average Bonchev–Trinajstić information content (AvgIpc) is 2.32. The van der Waals surface area contributed by atoms with Gasteiger partial charge >= 0.3 is 5.97 Å². The number of thioether (sulfide) groups is 1. The summed E-state index contributed by atoms with van der Waals surface area (Å²) in [6, 6.07) is 7.61. The molecule has 0 saturated heterocycles. The predicted octanol–water partition coefficient (Wildman–Crippen LogP) is 3.10. The number of carbonyl (C=O) groups is 1. The van der Waals surface area contributed by atoms with Crippen molar-refractivity contribution in [2.45, 2.75) is 30.7 Å². The molecule has 0 bridgehead atoms. The monoisotopic (exact) mass is 287 g/mol. The summed E-state index contributed by atoms with van der Waals surface area (Å²) in [5.74, 6) is 0.361. The molecule has 0 spiro atoms. The highest BCUT2D eigenvalue weighted by Crippen LogP contribution is 2.28. The molecule has 0 heterocycles. The SMILES string of the molecule is CCOC(=O)C(C)(N)CCSc1ccccc1Cl. The molecule has 0 aliphatic rings. The zero-order valence-electron chi connectivity index (χ0n) is 10.6. The molecule has 0 fully saturated rings. The topological polar surface area (TPSA) is 52.3 Å². The third-order valence-corrected chi connectivity index (χ3v) is 3.97. The van der Waals surface area contributed by atoms with Crippen LogP contribution >= 0.6 is 23.4 Å². The molecule has 0 amide bonds. The van der Waals surface area contributed by atoms with Gasteiger partial charge in [-0.15, -0.1) is 11.8 Å². The number of nitrogens with two attached hydrogens (primary N) is 1. The maximum absolute atomic E-state index is 11.6. The summed E-state index contributed by atoms with van der Waals surface area (Å²) in [7, 11) is 0. The standard InChI is InChI=1S/C13H18ClNO2S/c1-3-17-12(16)13(2,15)8-9-18-11-7-5-4-6-10(11)14/h4-7H,3,8-9,15H2,1-2H3. The number of hydrogen-bond acceptors (Lipinski definition) is 4. The number of rotatable bonds is 6. The zero-order valence-corrected chi connectivity index (χ0v) is 12.2. The Hall–Kier alpha value is -0.710. The van der Waals surface area contributed by atoms with E-state index >= 15 is 0 Å². The minimum atomic E-state index is -0.940. The molecule has 1 aromatic carbocycles. The second-order valence-corrected chi connectivity index (χ2v) is 5.71. The molecule has 2 N–H and O–H groups in total. The van der Waals surface area contributed by atoms with Crippen LogP contribution in [0.3, 0.4) is 0 Å². The fourth-order valence-electron chi connectivity index (χ4n) is 1.33. The Labute approximate surface area is 117 Å². The molecule has 0 aliphatic heterocycles. The van der Waals surface area contributed by atoms with Crippen molar-refractivity contribution in [2.75, 3.05) is 12.4 Å². The highest BCUT2D eigenvalue weighted by Gasteiger charge is 2.29. The molecule has 0 aromatic heterocycles. The minimum Gasteiger partial charge on any atom is -0.465 e. The van der Waals surface area contributed by atoms with Crippen molar-refractivity contribution in [3.8, 4) is 0 Å². The first-order chi connectivity index (χ1) is 8.47. The summed E-state index contributed by atoms with van der Waals surface area (Å²) in [5.41, 5.74) is 4.99. The van der Waals surface area contributed by atoms with Crippen LogP contribution in [0.5, 0.6) is 0 Å². The van der Waals surface area contributed by atoms with Crippen molar-refractivity contribution in [3.05, 3.63) is 29.3 Å². The lowest BCUT2D eigenvalue weighted by Gasteiger charge is -2.21. The van der Waals surface area contributed by atoms with E-state index in [1.807, 2.05) is 24.3 Å². The van der Waals surface area contributed by atoms with Gasteiger partial charge in [0.05, 0.1) is 11.6 Å². The van der Waals surface area contributed by atoms with Crippen LogP contribution in [0, 0.1) is 0 Å². The van der Waals surface area contributed by atoms with E-state index in [4.69, 9.17) is 22.1 Å². The number of halogens is 1. The lowest BCUT2D eigenvalue weighted by molar-refractivity contribution is -0.149. The highest BCUT2D eigenvalue weighted by molar-refractivity contribution is 7.99. The van der Waals surface area contributed by atoms with E-state index in [1.165, 1.54) is 0 Å². The van der Waals surface area contributed by atoms with Crippen LogP contribution in [-0.4, -0.2) is 23.9 Å². The average molecular weight is 288 g/mol. The summed E-state index contributed by atoms with van der Waals surface area (Å²) in [6.45, 7) is 3.81. The Morgan fingerprint density at radius 3 is 2.78 bits per heavy atom. The van der Waals surface area contributed by atoms with Gasteiger partial charge in [-0.2, -0.15) is 0 Å². The van der Waals surface area contributed by atoms with E-state index in [9.17, 15) is 4.79 Å². The van der Waals surface area contributed by atoms with E-state index in [0.717, 1.165) is 15.7 Å². The molecule has 3 nitrogen and oxygen atoms in total. The smallest absolute Gasteiger partial charge is 0.325 e. The molecule has 1 atom stereocenters. The molecular formula is C13H18ClNO2S. The lowest BCUT2D eigenvalue weighted by Crippen LogP contribution is -2.46. The van der Waals surface area contributed by atoms with E-state index < -0.39 is 5.54 Å². The molecule has 1 aromatic rings. The van der Waals surface area contributed by atoms with Crippen LogP contribution in [0.15, 0.2) is 29.2 Å². The fraction of sp³-hybridized carbons (Fsp3) is 0.462. The van der Waals surface area contributed by atoms with Gasteiger partial charge in [0.15, 0.2) is 0 Å². The van der Waals surface area contributed by atoms with Crippen molar-refractivity contribution in [2.24, 2.45) is 5.73 Å². The Morgan fingerprint density at radius 1 is 1.50 bits per heavy atom. The van der Waals surface area contributed by atoms with Gasteiger partial charge in [0.1, 0.15) is 5.54 Å². The normalized spacial score (nSPS) is 14.0. The van der Waals surface area contributed by atoms with Gasteiger partial charge in [0.2, 0.25) is 0 Å². The minimum absolute atomic E-state index is 0.350. The third kappa shape index (κ3) is 4.52. The first-order valence-electron chi connectivity index (χ1n) is 5.81. The molecular weight excluding hydrogens is 270 g/mol. The lowest BCUT2D eigenvalue weighted by atomic mass is 10.0. The molecule has 18 heavy (non-hydrogen) atoms. The summed E-state index contributed by atoms with van der Waals surface area (Å²) in [6.07, 6.45) is 0.543. The van der Waals surface area contributed by atoms with E-state index in [-0.39, 0.29) is 5.97 Å². The first kappa shape index (κ1) is 15.3. The van der Waals surface area contributed by atoms with Gasteiger partial charge in [-0.25, -0.2) is 0 Å². The summed E-state index contributed by atoms with van der Waals surface area (Å²) < 4.78 is 4.93. The van der Waals surface area contributed by atoms with Crippen LogP contribution in [-0.2, 0) is 9.53 Å². The number of ether oxygens (including phenoxy) is 1. The maximum atomic E-state index is 11.6. The van der Waals surface area contributed by atoms with Gasteiger partial charge in [0, 0.05) is 10.6 Å². The third-order valence-electron chi connectivity index (χ3n) is 2.46. The van der Waals surface area contributed by atoms with Gasteiger partial charge in [-0.1, -0.05) is 23.7 Å². The largest absolute Gasteiger partial charge is 0.465 e. The van der Waals surface area contributed by atoms with Crippen molar-refractivity contribution in [3.63, 3.8) is 0 Å². The van der Waals surface area contributed by atoms with E-state index in [0.29, 0.717) is 13.0 Å². The van der Waals surface area contributed by atoms with Crippen LogP contribution in [0.2, 0.25) is 5.02 Å². The Balaban J connectivity index is 2.46. The van der Waals surface area contributed by atoms with E-state index in [1.54, 1.807) is 25.6 Å². The molecule has 0 saturated carbocycles. The molecule has 0 radical (unpaired) electrons. The summed E-state index contributed by atoms with van der Waals surface area (Å²) in [4.78, 5) is 12.6. The zero-order chi connectivity index (χ0) is 13.6. The van der Waals surface area contributed by atoms with Crippen molar-refractivity contribution >= 4 is 29.3 Å². The van der Waals surface area contributed by atoms with Crippen LogP contribution in [0.1, 0.15) is 20.3 Å².